The zero-order chi connectivity index (χ0) is 43.5. The van der Waals surface area contributed by atoms with Crippen LogP contribution in [0.4, 0.5) is 0 Å². The fraction of sp³-hybridized carbons (Fsp3) is 0.891. The lowest BCUT2D eigenvalue weighted by Crippen LogP contribution is -2.30. The van der Waals surface area contributed by atoms with E-state index in [0.717, 1.165) is 44.9 Å². The molecule has 0 saturated carbocycles. The fourth-order valence-electron chi connectivity index (χ4n) is 7.91. The van der Waals surface area contributed by atoms with Crippen LogP contribution in [0.5, 0.6) is 0 Å². The number of carbonyl (C=O) groups excluding carboxylic acids is 2. The minimum absolute atomic E-state index is 0.0874. The van der Waals surface area contributed by atoms with Gasteiger partial charge >= 0.3 is 11.9 Å². The van der Waals surface area contributed by atoms with E-state index in [1.807, 2.05) is 0 Å². The molecule has 60 heavy (non-hydrogen) atoms. The summed E-state index contributed by atoms with van der Waals surface area (Å²) in [7, 11) is 0. The standard InChI is InChI=1S/C55H104O5/c1-4-7-10-13-16-19-22-25-26-27-28-29-30-32-33-36-39-42-45-48-54(56)59-52-53(51-58-50-47-44-41-38-35-24-21-18-15-12-9-6-3)60-55(57)49-46-43-40-37-34-31-23-20-17-14-11-8-5-2/h20,23,25-26,53H,4-19,21-22,24,27-52H2,1-3H3/b23-20-,26-25-. The van der Waals surface area contributed by atoms with Gasteiger partial charge in [-0.15, -0.1) is 0 Å². The van der Waals surface area contributed by atoms with E-state index in [-0.39, 0.29) is 18.5 Å². The normalized spacial score (nSPS) is 12.2. The lowest BCUT2D eigenvalue weighted by atomic mass is 10.1. The minimum Gasteiger partial charge on any atom is -0.462 e. The van der Waals surface area contributed by atoms with Crippen molar-refractivity contribution in [3.63, 3.8) is 0 Å². The number of allylic oxidation sites excluding steroid dienone is 4. The molecule has 0 amide bonds. The molecule has 0 aromatic carbocycles. The minimum atomic E-state index is -0.534. The van der Waals surface area contributed by atoms with Gasteiger partial charge in [0.1, 0.15) is 6.61 Å². The molecule has 1 atom stereocenters. The summed E-state index contributed by atoms with van der Waals surface area (Å²) in [5.41, 5.74) is 0. The molecule has 0 bridgehead atoms. The molecule has 0 aliphatic carbocycles. The Morgan fingerprint density at radius 1 is 0.350 bits per heavy atom. The second-order valence-corrected chi connectivity index (χ2v) is 18.1. The summed E-state index contributed by atoms with van der Waals surface area (Å²) >= 11 is 0. The maximum Gasteiger partial charge on any atom is 0.306 e. The van der Waals surface area contributed by atoms with Gasteiger partial charge in [-0.2, -0.15) is 0 Å². The Bertz CT molecular complexity index is 913. The van der Waals surface area contributed by atoms with E-state index in [0.29, 0.717) is 26.1 Å². The van der Waals surface area contributed by atoms with Crippen LogP contribution in [0.3, 0.4) is 0 Å². The van der Waals surface area contributed by atoms with Crippen LogP contribution < -0.4 is 0 Å². The second kappa shape index (κ2) is 51.7. The predicted octanol–water partition coefficient (Wildman–Crippen LogP) is 18.0. The molecule has 354 valence electrons. The van der Waals surface area contributed by atoms with Gasteiger partial charge in [-0.25, -0.2) is 0 Å². The van der Waals surface area contributed by atoms with Crippen LogP contribution in [-0.4, -0.2) is 37.9 Å². The fourth-order valence-corrected chi connectivity index (χ4v) is 7.91. The van der Waals surface area contributed by atoms with Gasteiger partial charge in [0.25, 0.3) is 0 Å². The van der Waals surface area contributed by atoms with Crippen LogP contribution in [0.25, 0.3) is 0 Å². The molecule has 0 saturated heterocycles. The van der Waals surface area contributed by atoms with Crippen LogP contribution in [0.1, 0.15) is 290 Å². The summed E-state index contributed by atoms with van der Waals surface area (Å²) in [6.07, 6.45) is 60.4. The smallest absolute Gasteiger partial charge is 0.306 e. The van der Waals surface area contributed by atoms with E-state index in [2.05, 4.69) is 45.1 Å². The van der Waals surface area contributed by atoms with Crippen molar-refractivity contribution in [2.45, 2.75) is 297 Å². The Balaban J connectivity index is 4.18. The first-order valence-electron chi connectivity index (χ1n) is 26.9. The number of unbranched alkanes of at least 4 members (excludes halogenated alkanes) is 35. The highest BCUT2D eigenvalue weighted by atomic mass is 16.6. The Kier molecular flexibility index (Phi) is 50.3. The molecule has 0 N–H and O–H groups in total. The molecule has 0 rings (SSSR count). The Morgan fingerprint density at radius 2 is 0.650 bits per heavy atom. The highest BCUT2D eigenvalue weighted by molar-refractivity contribution is 5.70. The topological polar surface area (TPSA) is 61.8 Å². The molecule has 0 fully saturated rings. The molecule has 0 aliphatic heterocycles. The Hall–Kier alpha value is -1.62. The quantitative estimate of drug-likeness (QED) is 0.0347. The summed E-state index contributed by atoms with van der Waals surface area (Å²) < 4.78 is 17.4. The number of carbonyl (C=O) groups is 2. The molecule has 0 spiro atoms. The third-order valence-corrected chi connectivity index (χ3v) is 12.0. The SMILES string of the molecule is CCCCCC/C=C\CCCCCCCC(=O)OC(COCCCCCCCCCCCCCC)COC(=O)CCCCCCCCCCC/C=C\CCCCCCCC. The van der Waals surface area contributed by atoms with Crippen molar-refractivity contribution in [1.82, 2.24) is 0 Å². The molecule has 5 nitrogen and oxygen atoms in total. The molecule has 0 aromatic rings. The molecule has 0 aliphatic rings. The lowest BCUT2D eigenvalue weighted by Gasteiger charge is -2.18. The number of hydrogen-bond donors (Lipinski definition) is 0. The predicted molar refractivity (Wildman–Crippen MR) is 261 cm³/mol. The molecule has 0 radical (unpaired) electrons. The van der Waals surface area contributed by atoms with Crippen molar-refractivity contribution >= 4 is 11.9 Å². The number of rotatable bonds is 50. The van der Waals surface area contributed by atoms with Gasteiger partial charge < -0.3 is 14.2 Å². The molecular weight excluding hydrogens is 741 g/mol. The van der Waals surface area contributed by atoms with Crippen molar-refractivity contribution in [2.75, 3.05) is 19.8 Å². The first-order valence-corrected chi connectivity index (χ1v) is 26.9. The number of hydrogen-bond acceptors (Lipinski definition) is 5. The maximum absolute atomic E-state index is 12.8. The highest BCUT2D eigenvalue weighted by Crippen LogP contribution is 2.15. The first kappa shape index (κ1) is 58.4. The lowest BCUT2D eigenvalue weighted by molar-refractivity contribution is -0.163. The average molecular weight is 845 g/mol. The monoisotopic (exact) mass is 845 g/mol. The van der Waals surface area contributed by atoms with Crippen molar-refractivity contribution < 1.29 is 23.8 Å². The maximum atomic E-state index is 12.8. The summed E-state index contributed by atoms with van der Waals surface area (Å²) in [6.45, 7) is 7.85. The zero-order valence-electron chi connectivity index (χ0n) is 40.7. The van der Waals surface area contributed by atoms with Crippen LogP contribution in [-0.2, 0) is 23.8 Å². The van der Waals surface area contributed by atoms with Crippen molar-refractivity contribution in [3.8, 4) is 0 Å². The van der Waals surface area contributed by atoms with Gasteiger partial charge in [0.2, 0.25) is 0 Å². The summed E-state index contributed by atoms with van der Waals surface area (Å²) in [4.78, 5) is 25.4. The second-order valence-electron chi connectivity index (χ2n) is 18.1. The molecule has 0 heterocycles. The van der Waals surface area contributed by atoms with Crippen molar-refractivity contribution in [2.24, 2.45) is 0 Å². The van der Waals surface area contributed by atoms with Gasteiger partial charge in [0, 0.05) is 19.4 Å². The van der Waals surface area contributed by atoms with E-state index in [1.165, 1.54) is 212 Å². The van der Waals surface area contributed by atoms with Crippen LogP contribution in [0.2, 0.25) is 0 Å². The molecular formula is C55H104O5. The van der Waals surface area contributed by atoms with E-state index in [4.69, 9.17) is 14.2 Å². The van der Waals surface area contributed by atoms with Gasteiger partial charge in [0.05, 0.1) is 6.61 Å². The number of esters is 2. The Morgan fingerprint density at radius 3 is 1.03 bits per heavy atom. The third kappa shape index (κ3) is 49.0. The van der Waals surface area contributed by atoms with Crippen LogP contribution in [0.15, 0.2) is 24.3 Å². The molecule has 1 unspecified atom stereocenters. The van der Waals surface area contributed by atoms with E-state index in [1.54, 1.807) is 0 Å². The van der Waals surface area contributed by atoms with Crippen molar-refractivity contribution in [3.05, 3.63) is 24.3 Å². The highest BCUT2D eigenvalue weighted by Gasteiger charge is 2.17. The van der Waals surface area contributed by atoms with Gasteiger partial charge in [-0.05, 0) is 70.6 Å². The average Bonchev–Trinajstić information content (AvgIpc) is 3.25. The van der Waals surface area contributed by atoms with E-state index >= 15 is 0 Å². The van der Waals surface area contributed by atoms with E-state index < -0.39 is 6.10 Å². The van der Waals surface area contributed by atoms with Crippen LogP contribution in [0, 0.1) is 0 Å². The van der Waals surface area contributed by atoms with Crippen molar-refractivity contribution in [1.29, 1.82) is 0 Å². The number of ether oxygens (including phenoxy) is 3. The first-order chi connectivity index (χ1) is 29.6. The summed E-state index contributed by atoms with van der Waals surface area (Å²) in [5, 5.41) is 0. The van der Waals surface area contributed by atoms with E-state index in [9.17, 15) is 9.59 Å². The van der Waals surface area contributed by atoms with Crippen LogP contribution >= 0.6 is 0 Å². The molecule has 5 heteroatoms. The summed E-state index contributed by atoms with van der Waals surface area (Å²) in [5.74, 6) is -0.393. The zero-order valence-corrected chi connectivity index (χ0v) is 40.7. The molecule has 0 aromatic heterocycles. The summed E-state index contributed by atoms with van der Waals surface area (Å²) in [6, 6.07) is 0. The van der Waals surface area contributed by atoms with Gasteiger partial charge in [0.15, 0.2) is 6.10 Å². The largest absolute Gasteiger partial charge is 0.462 e. The van der Waals surface area contributed by atoms with Gasteiger partial charge in [-0.1, -0.05) is 231 Å². The van der Waals surface area contributed by atoms with Gasteiger partial charge in [-0.3, -0.25) is 9.59 Å². The third-order valence-electron chi connectivity index (χ3n) is 12.0. The Labute approximate surface area is 375 Å².